The van der Waals surface area contributed by atoms with Crippen LogP contribution in [0.4, 0.5) is 10.5 Å². The number of nitrogens with one attached hydrogen (secondary N) is 1. The summed E-state index contributed by atoms with van der Waals surface area (Å²) < 4.78 is 0. The number of amides is 2. The van der Waals surface area contributed by atoms with Crippen molar-refractivity contribution in [3.05, 3.63) is 28.2 Å². The first-order chi connectivity index (χ1) is 14.4. The van der Waals surface area contributed by atoms with Crippen molar-refractivity contribution in [3.63, 3.8) is 0 Å². The maximum Gasteiger partial charge on any atom is 0.317 e. The monoisotopic (exact) mass is 454 g/mol. The smallest absolute Gasteiger partial charge is 0.317 e. The van der Waals surface area contributed by atoms with Crippen LogP contribution in [0, 0.1) is 5.92 Å². The maximum absolute atomic E-state index is 11.8. The van der Waals surface area contributed by atoms with Gasteiger partial charge in [0.15, 0.2) is 0 Å². The molecule has 1 aromatic carbocycles. The number of benzene rings is 1. The lowest BCUT2D eigenvalue weighted by atomic mass is 9.84. The molecule has 0 spiro atoms. The molecule has 0 unspecified atom stereocenters. The van der Waals surface area contributed by atoms with Crippen LogP contribution in [0.1, 0.15) is 44.9 Å². The molecule has 5 nitrogen and oxygen atoms in total. The predicted molar refractivity (Wildman–Crippen MR) is 127 cm³/mol. The Hall–Kier alpha value is -1.17. The number of anilines is 1. The van der Waals surface area contributed by atoms with Crippen LogP contribution in [-0.4, -0.2) is 68.7 Å². The molecule has 1 aliphatic carbocycles. The highest BCUT2D eigenvalue weighted by molar-refractivity contribution is 6.43. The molecule has 1 saturated heterocycles. The Morgan fingerprint density at radius 1 is 1.07 bits per heavy atom. The molecule has 2 amide bonds. The van der Waals surface area contributed by atoms with E-state index in [1.807, 2.05) is 12.1 Å². The maximum atomic E-state index is 11.8. The summed E-state index contributed by atoms with van der Waals surface area (Å²) in [5, 5.41) is 4.44. The van der Waals surface area contributed by atoms with Crippen molar-refractivity contribution in [3.8, 4) is 0 Å². The van der Waals surface area contributed by atoms with E-state index >= 15 is 0 Å². The fourth-order valence-corrected chi connectivity index (χ4v) is 5.00. The van der Waals surface area contributed by atoms with Crippen LogP contribution in [0.25, 0.3) is 0 Å². The average Bonchev–Trinajstić information content (AvgIpc) is 2.71. The van der Waals surface area contributed by atoms with Crippen molar-refractivity contribution in [1.82, 2.24) is 15.1 Å². The van der Waals surface area contributed by atoms with Gasteiger partial charge in [-0.15, -0.1) is 0 Å². The van der Waals surface area contributed by atoms with Gasteiger partial charge in [-0.05, 0) is 76.1 Å². The normalized spacial score (nSPS) is 23.5. The minimum atomic E-state index is 0.0310. The molecule has 1 aromatic rings. The summed E-state index contributed by atoms with van der Waals surface area (Å²) in [6.07, 6.45) is 8.30. The molecular weight excluding hydrogens is 419 g/mol. The SMILES string of the molecule is CN(C)C(=O)NC1CCC(CCN2CCCCN(c3cccc(Cl)c3Cl)CC2)CC1. The van der Waals surface area contributed by atoms with Gasteiger partial charge in [0.2, 0.25) is 0 Å². The summed E-state index contributed by atoms with van der Waals surface area (Å²) in [4.78, 5) is 18.5. The standard InChI is InChI=1S/C23H36Cl2N4O/c1-27(2)23(30)26-19-10-8-18(9-11-19)12-15-28-13-3-4-14-29(17-16-28)21-7-5-6-20(24)22(21)25/h5-7,18-19H,3-4,8-17H2,1-2H3,(H,26,30). The number of nitrogens with zero attached hydrogens (tertiary/aromatic N) is 3. The highest BCUT2D eigenvalue weighted by Gasteiger charge is 2.24. The lowest BCUT2D eigenvalue weighted by Crippen LogP contribution is -2.43. The van der Waals surface area contributed by atoms with E-state index < -0.39 is 0 Å². The summed E-state index contributed by atoms with van der Waals surface area (Å²) in [5.74, 6) is 0.779. The molecule has 0 radical (unpaired) electrons. The molecule has 0 aromatic heterocycles. The molecule has 2 aliphatic rings. The van der Waals surface area contributed by atoms with Gasteiger partial charge in [-0.2, -0.15) is 0 Å². The first kappa shape index (κ1) is 23.5. The van der Waals surface area contributed by atoms with Crippen LogP contribution in [0.5, 0.6) is 0 Å². The zero-order valence-corrected chi connectivity index (χ0v) is 19.9. The highest BCUT2D eigenvalue weighted by Crippen LogP contribution is 2.33. The summed E-state index contributed by atoms with van der Waals surface area (Å²) in [6, 6.07) is 6.28. The number of carbonyl (C=O) groups excluding carboxylic acids is 1. The van der Waals surface area contributed by atoms with E-state index in [4.69, 9.17) is 23.2 Å². The van der Waals surface area contributed by atoms with E-state index in [9.17, 15) is 4.79 Å². The van der Waals surface area contributed by atoms with Crippen molar-refractivity contribution in [2.24, 2.45) is 5.92 Å². The molecule has 7 heteroatoms. The minimum absolute atomic E-state index is 0.0310. The second-order valence-electron chi connectivity index (χ2n) is 8.96. The van der Waals surface area contributed by atoms with Crippen LogP contribution < -0.4 is 10.2 Å². The van der Waals surface area contributed by atoms with Gasteiger partial charge in [-0.25, -0.2) is 4.79 Å². The van der Waals surface area contributed by atoms with E-state index in [-0.39, 0.29) is 6.03 Å². The average molecular weight is 455 g/mol. The number of hydrogen-bond acceptors (Lipinski definition) is 3. The molecule has 30 heavy (non-hydrogen) atoms. The number of hydrogen-bond donors (Lipinski definition) is 1. The van der Waals surface area contributed by atoms with Crippen molar-refractivity contribution in [1.29, 1.82) is 0 Å². The van der Waals surface area contributed by atoms with E-state index in [0.29, 0.717) is 16.1 Å². The van der Waals surface area contributed by atoms with Crippen molar-refractivity contribution in [2.45, 2.75) is 51.0 Å². The fraction of sp³-hybridized carbons (Fsp3) is 0.696. The van der Waals surface area contributed by atoms with E-state index in [1.54, 1.807) is 19.0 Å². The van der Waals surface area contributed by atoms with Crippen LogP contribution in [0.15, 0.2) is 18.2 Å². The van der Waals surface area contributed by atoms with Crippen LogP contribution in [0.2, 0.25) is 10.0 Å². The minimum Gasteiger partial charge on any atom is -0.369 e. The van der Waals surface area contributed by atoms with Crippen LogP contribution >= 0.6 is 23.2 Å². The molecule has 1 saturated carbocycles. The summed E-state index contributed by atoms with van der Waals surface area (Å²) in [5.41, 5.74) is 1.06. The molecule has 0 bridgehead atoms. The van der Waals surface area contributed by atoms with Gasteiger partial charge in [0.1, 0.15) is 0 Å². The van der Waals surface area contributed by atoms with Gasteiger partial charge in [-0.1, -0.05) is 29.3 Å². The Kier molecular flexibility index (Phi) is 8.97. The Morgan fingerprint density at radius 3 is 2.53 bits per heavy atom. The highest BCUT2D eigenvalue weighted by atomic mass is 35.5. The summed E-state index contributed by atoms with van der Waals surface area (Å²) in [7, 11) is 3.59. The lowest BCUT2D eigenvalue weighted by molar-refractivity contribution is 0.195. The number of halogens is 2. The first-order valence-corrected chi connectivity index (χ1v) is 12.1. The molecule has 1 aliphatic heterocycles. The van der Waals surface area contributed by atoms with Crippen molar-refractivity contribution < 1.29 is 4.79 Å². The molecule has 168 valence electrons. The van der Waals surface area contributed by atoms with E-state index in [2.05, 4.69) is 21.2 Å². The van der Waals surface area contributed by atoms with Crippen LogP contribution in [-0.2, 0) is 0 Å². The Labute approximate surface area is 191 Å². The molecule has 1 N–H and O–H groups in total. The predicted octanol–water partition coefficient (Wildman–Crippen LogP) is 5.12. The molecule has 3 rings (SSSR count). The van der Waals surface area contributed by atoms with E-state index in [0.717, 1.165) is 50.6 Å². The number of rotatable bonds is 5. The second kappa shape index (κ2) is 11.4. The third-order valence-electron chi connectivity index (χ3n) is 6.54. The number of carbonyl (C=O) groups is 1. The topological polar surface area (TPSA) is 38.8 Å². The second-order valence-corrected chi connectivity index (χ2v) is 9.74. The van der Waals surface area contributed by atoms with E-state index in [1.165, 1.54) is 38.6 Å². The quantitative estimate of drug-likeness (QED) is 0.670. The Balaban J connectivity index is 1.43. The largest absolute Gasteiger partial charge is 0.369 e. The summed E-state index contributed by atoms with van der Waals surface area (Å²) in [6.45, 7) is 5.44. The van der Waals surface area contributed by atoms with Crippen molar-refractivity contribution >= 4 is 34.9 Å². The molecule has 0 atom stereocenters. The van der Waals surface area contributed by atoms with Crippen molar-refractivity contribution in [2.75, 3.05) is 51.7 Å². The fourth-order valence-electron chi connectivity index (χ4n) is 4.59. The van der Waals surface area contributed by atoms with Gasteiger partial charge in [0.25, 0.3) is 0 Å². The molecule has 1 heterocycles. The Bertz CT molecular complexity index is 692. The number of urea groups is 1. The van der Waals surface area contributed by atoms with Gasteiger partial charge < -0.3 is 20.0 Å². The third-order valence-corrected chi connectivity index (χ3v) is 7.35. The van der Waals surface area contributed by atoms with Gasteiger partial charge in [0.05, 0.1) is 15.7 Å². The zero-order chi connectivity index (χ0) is 21.5. The summed E-state index contributed by atoms with van der Waals surface area (Å²) >= 11 is 12.7. The molecular formula is C23H36Cl2N4O. The third kappa shape index (κ3) is 6.66. The molecule has 2 fully saturated rings. The zero-order valence-electron chi connectivity index (χ0n) is 18.4. The Morgan fingerprint density at radius 2 is 1.80 bits per heavy atom. The first-order valence-electron chi connectivity index (χ1n) is 11.3. The van der Waals surface area contributed by atoms with Gasteiger partial charge in [0, 0.05) is 39.8 Å². The van der Waals surface area contributed by atoms with Crippen LogP contribution in [0.3, 0.4) is 0 Å². The lowest BCUT2D eigenvalue weighted by Gasteiger charge is -2.34. The van der Waals surface area contributed by atoms with Gasteiger partial charge in [-0.3, -0.25) is 0 Å². The van der Waals surface area contributed by atoms with Gasteiger partial charge >= 0.3 is 6.03 Å².